The van der Waals surface area contributed by atoms with E-state index in [0.29, 0.717) is 0 Å². The van der Waals surface area contributed by atoms with E-state index < -0.39 is 0 Å². The van der Waals surface area contributed by atoms with E-state index in [1.807, 2.05) is 0 Å². The van der Waals surface area contributed by atoms with Crippen LogP contribution in [0.1, 0.15) is 38.5 Å². The summed E-state index contributed by atoms with van der Waals surface area (Å²) in [5.74, 6) is 0. The molecule has 3 nitrogen and oxygen atoms in total. The van der Waals surface area contributed by atoms with E-state index in [9.17, 15) is 10.1 Å². The maximum absolute atomic E-state index is 10.2. The van der Waals surface area contributed by atoms with Gasteiger partial charge in [0, 0.05) is 4.92 Å². The molecule has 0 aromatic rings. The topological polar surface area (TPSA) is 43.1 Å². The molecule has 0 saturated heterocycles. The summed E-state index contributed by atoms with van der Waals surface area (Å²) >= 11 is 0. The molecule has 0 aliphatic heterocycles. The number of hydrogen-bond donors (Lipinski definition) is 0. The van der Waals surface area contributed by atoms with Crippen LogP contribution in [0.2, 0.25) is 0 Å². The van der Waals surface area contributed by atoms with Crippen molar-refractivity contribution < 1.29 is 4.92 Å². The van der Waals surface area contributed by atoms with E-state index in [2.05, 4.69) is 6.08 Å². The lowest BCUT2D eigenvalue weighted by Crippen LogP contribution is -2.05. The van der Waals surface area contributed by atoms with Crippen molar-refractivity contribution in [2.75, 3.05) is 6.54 Å². The first-order chi connectivity index (χ1) is 5.79. The molecule has 3 heteroatoms. The van der Waals surface area contributed by atoms with Crippen LogP contribution in [0.3, 0.4) is 0 Å². The van der Waals surface area contributed by atoms with E-state index in [-0.39, 0.29) is 11.5 Å². The third-order valence-corrected chi connectivity index (χ3v) is 2.22. The van der Waals surface area contributed by atoms with Crippen molar-refractivity contribution in [1.82, 2.24) is 0 Å². The van der Waals surface area contributed by atoms with Crippen molar-refractivity contribution in [2.45, 2.75) is 38.5 Å². The quantitative estimate of drug-likeness (QED) is 0.362. The molecular weight excluding hydrogens is 154 g/mol. The predicted octanol–water partition coefficient (Wildman–Crippen LogP) is 2.54. The van der Waals surface area contributed by atoms with E-state index in [1.165, 1.54) is 19.3 Å². The molecule has 0 heterocycles. The van der Waals surface area contributed by atoms with Gasteiger partial charge < -0.3 is 0 Å². The standard InChI is InChI=1S/C9H15NO2/c11-10(12)8-9-6-4-2-1-3-5-7-9/h6H,1-5,7-8H2/b9-6+. The number of nitro groups is 1. The monoisotopic (exact) mass is 169 g/mol. The van der Waals surface area contributed by atoms with Crippen molar-refractivity contribution in [1.29, 1.82) is 0 Å². The van der Waals surface area contributed by atoms with Gasteiger partial charge in [0.2, 0.25) is 6.54 Å². The minimum absolute atomic E-state index is 0.0556. The number of hydrogen-bond acceptors (Lipinski definition) is 2. The van der Waals surface area contributed by atoms with E-state index >= 15 is 0 Å². The number of nitrogens with zero attached hydrogens (tertiary/aromatic N) is 1. The van der Waals surface area contributed by atoms with Crippen molar-refractivity contribution in [3.8, 4) is 0 Å². The van der Waals surface area contributed by atoms with Gasteiger partial charge in [-0.2, -0.15) is 0 Å². The van der Waals surface area contributed by atoms with Gasteiger partial charge in [-0.1, -0.05) is 18.9 Å². The zero-order valence-corrected chi connectivity index (χ0v) is 7.29. The summed E-state index contributed by atoms with van der Waals surface area (Å²) in [5.41, 5.74) is 1.03. The highest BCUT2D eigenvalue weighted by Gasteiger charge is 2.06. The van der Waals surface area contributed by atoms with Crippen molar-refractivity contribution in [2.24, 2.45) is 0 Å². The molecule has 0 bridgehead atoms. The Bertz CT molecular complexity index is 187. The molecular formula is C9H15NO2. The molecule has 68 valence electrons. The summed E-state index contributed by atoms with van der Waals surface area (Å²) in [4.78, 5) is 10.0. The van der Waals surface area contributed by atoms with Crippen LogP contribution in [0.15, 0.2) is 11.6 Å². The van der Waals surface area contributed by atoms with Crippen LogP contribution in [-0.4, -0.2) is 11.5 Å². The van der Waals surface area contributed by atoms with Crippen LogP contribution in [0.25, 0.3) is 0 Å². The average molecular weight is 169 g/mol. The lowest BCUT2D eigenvalue weighted by molar-refractivity contribution is -0.471. The van der Waals surface area contributed by atoms with E-state index in [0.717, 1.165) is 24.8 Å². The zero-order valence-electron chi connectivity index (χ0n) is 7.29. The molecule has 0 N–H and O–H groups in total. The van der Waals surface area contributed by atoms with Gasteiger partial charge in [-0.05, 0) is 31.3 Å². The Morgan fingerprint density at radius 2 is 2.08 bits per heavy atom. The molecule has 1 aliphatic rings. The summed E-state index contributed by atoms with van der Waals surface area (Å²) < 4.78 is 0. The molecule has 0 radical (unpaired) electrons. The van der Waals surface area contributed by atoms with Gasteiger partial charge >= 0.3 is 0 Å². The molecule has 12 heavy (non-hydrogen) atoms. The second kappa shape index (κ2) is 4.91. The number of allylic oxidation sites excluding steroid dienone is 1. The molecule has 0 amide bonds. The highest BCUT2D eigenvalue weighted by atomic mass is 16.6. The molecule has 0 fully saturated rings. The van der Waals surface area contributed by atoms with Gasteiger partial charge in [0.1, 0.15) is 0 Å². The Hall–Kier alpha value is -0.860. The van der Waals surface area contributed by atoms with Crippen molar-refractivity contribution in [3.63, 3.8) is 0 Å². The first kappa shape index (κ1) is 9.23. The van der Waals surface area contributed by atoms with Crippen LogP contribution >= 0.6 is 0 Å². The zero-order chi connectivity index (χ0) is 8.81. The molecule has 0 aromatic heterocycles. The lowest BCUT2D eigenvalue weighted by atomic mass is 10.0. The van der Waals surface area contributed by atoms with Crippen LogP contribution < -0.4 is 0 Å². The summed E-state index contributed by atoms with van der Waals surface area (Å²) in [6, 6.07) is 0. The largest absolute Gasteiger partial charge is 0.264 e. The average Bonchev–Trinajstić information content (AvgIpc) is 1.93. The molecule has 1 aliphatic carbocycles. The Kier molecular flexibility index (Phi) is 3.77. The maximum Gasteiger partial charge on any atom is 0.224 e. The van der Waals surface area contributed by atoms with Gasteiger partial charge in [0.05, 0.1) is 0 Å². The second-order valence-electron chi connectivity index (χ2n) is 3.31. The molecule has 0 aromatic carbocycles. The first-order valence-electron chi connectivity index (χ1n) is 4.59. The Morgan fingerprint density at radius 1 is 1.33 bits per heavy atom. The van der Waals surface area contributed by atoms with E-state index in [1.54, 1.807) is 0 Å². The molecule has 0 saturated carbocycles. The first-order valence-corrected chi connectivity index (χ1v) is 4.59. The fraction of sp³-hybridized carbons (Fsp3) is 0.778. The normalized spacial score (nSPS) is 23.5. The molecule has 1 rings (SSSR count). The van der Waals surface area contributed by atoms with Gasteiger partial charge in [-0.25, -0.2) is 0 Å². The smallest absolute Gasteiger partial charge is 0.224 e. The maximum atomic E-state index is 10.2. The summed E-state index contributed by atoms with van der Waals surface area (Å²) in [5, 5.41) is 10.2. The summed E-state index contributed by atoms with van der Waals surface area (Å²) in [6.07, 6.45) is 8.85. The van der Waals surface area contributed by atoms with Crippen LogP contribution in [0.5, 0.6) is 0 Å². The molecule has 0 spiro atoms. The second-order valence-corrected chi connectivity index (χ2v) is 3.31. The van der Waals surface area contributed by atoms with Crippen molar-refractivity contribution >= 4 is 0 Å². The molecule has 0 atom stereocenters. The SMILES string of the molecule is O=[N+]([O-])C/C1=C/CCCCCC1. The Morgan fingerprint density at radius 3 is 2.83 bits per heavy atom. The third-order valence-electron chi connectivity index (χ3n) is 2.22. The van der Waals surface area contributed by atoms with Crippen LogP contribution in [-0.2, 0) is 0 Å². The third kappa shape index (κ3) is 3.51. The fourth-order valence-corrected chi connectivity index (χ4v) is 1.57. The predicted molar refractivity (Wildman–Crippen MR) is 47.6 cm³/mol. The minimum Gasteiger partial charge on any atom is -0.264 e. The van der Waals surface area contributed by atoms with Crippen molar-refractivity contribution in [3.05, 3.63) is 21.8 Å². The lowest BCUT2D eigenvalue weighted by Gasteiger charge is -2.07. The van der Waals surface area contributed by atoms with Gasteiger partial charge in [0.25, 0.3) is 0 Å². The Balaban J connectivity index is 2.41. The highest BCUT2D eigenvalue weighted by Crippen LogP contribution is 2.16. The van der Waals surface area contributed by atoms with Gasteiger partial charge in [-0.15, -0.1) is 0 Å². The molecule has 0 unspecified atom stereocenters. The van der Waals surface area contributed by atoms with Crippen LogP contribution in [0, 0.1) is 10.1 Å². The van der Waals surface area contributed by atoms with Gasteiger partial charge in [-0.3, -0.25) is 10.1 Å². The van der Waals surface area contributed by atoms with E-state index in [4.69, 9.17) is 0 Å². The highest BCUT2D eigenvalue weighted by molar-refractivity contribution is 5.02. The summed E-state index contributed by atoms with van der Waals surface area (Å²) in [7, 11) is 0. The minimum atomic E-state index is -0.229. The Labute approximate surface area is 72.6 Å². The van der Waals surface area contributed by atoms with Crippen LogP contribution in [0.4, 0.5) is 0 Å². The fourth-order valence-electron chi connectivity index (χ4n) is 1.57. The van der Waals surface area contributed by atoms with Gasteiger partial charge in [0.15, 0.2) is 0 Å². The number of rotatable bonds is 2. The summed E-state index contributed by atoms with van der Waals surface area (Å²) in [6.45, 7) is 0.0556.